The minimum atomic E-state index is -0.469. The van der Waals surface area contributed by atoms with Gasteiger partial charge in [-0.1, -0.05) is 6.92 Å². The fraction of sp³-hybridized carbons (Fsp3) is 0.300. The minimum absolute atomic E-state index is 0.228. The van der Waals surface area contributed by atoms with Crippen LogP contribution < -0.4 is 10.1 Å². The molecule has 8 heteroatoms. The molecule has 0 atom stereocenters. The van der Waals surface area contributed by atoms with Crippen molar-refractivity contribution in [2.24, 2.45) is 0 Å². The van der Waals surface area contributed by atoms with Gasteiger partial charge in [0.05, 0.1) is 19.3 Å². The summed E-state index contributed by atoms with van der Waals surface area (Å²) in [6.07, 6.45) is 2.44. The maximum Gasteiger partial charge on any atom is 0.357 e. The second-order valence-corrected chi connectivity index (χ2v) is 6.10. The molecule has 146 valence electrons. The van der Waals surface area contributed by atoms with E-state index < -0.39 is 5.97 Å². The third-order valence-corrected chi connectivity index (χ3v) is 4.04. The number of H-pyrrole nitrogens is 1. The van der Waals surface area contributed by atoms with Crippen molar-refractivity contribution in [2.75, 3.05) is 19.0 Å². The summed E-state index contributed by atoms with van der Waals surface area (Å²) < 4.78 is 10.6. The molecule has 0 spiro atoms. The molecule has 0 unspecified atom stereocenters. The number of anilines is 2. The number of nitrogens with one attached hydrogen (secondary N) is 2. The number of methoxy groups -OCH3 is 1. The maximum atomic E-state index is 12.1. The van der Waals surface area contributed by atoms with Crippen LogP contribution in [0.1, 0.15) is 35.7 Å². The van der Waals surface area contributed by atoms with Crippen molar-refractivity contribution in [3.05, 3.63) is 47.5 Å². The molecule has 2 aromatic heterocycles. The van der Waals surface area contributed by atoms with Crippen LogP contribution in [0.25, 0.3) is 11.4 Å². The van der Waals surface area contributed by atoms with Crippen LogP contribution in [-0.4, -0.2) is 39.6 Å². The van der Waals surface area contributed by atoms with Crippen LogP contribution in [0, 0.1) is 6.92 Å². The Morgan fingerprint density at radius 2 is 2.04 bits per heavy atom. The second-order valence-electron chi connectivity index (χ2n) is 6.10. The first kappa shape index (κ1) is 19.3. The van der Waals surface area contributed by atoms with E-state index in [0.29, 0.717) is 18.1 Å². The normalized spacial score (nSPS) is 10.6. The number of esters is 1. The Labute approximate surface area is 163 Å². The molecule has 3 rings (SSSR count). The number of rotatable bonds is 7. The first-order valence-electron chi connectivity index (χ1n) is 9.06. The van der Waals surface area contributed by atoms with E-state index in [1.54, 1.807) is 26.3 Å². The molecular formula is C20H23N5O3. The summed E-state index contributed by atoms with van der Waals surface area (Å²) in [7, 11) is 1.60. The van der Waals surface area contributed by atoms with Crippen molar-refractivity contribution in [3.63, 3.8) is 0 Å². The van der Waals surface area contributed by atoms with Gasteiger partial charge < -0.3 is 19.8 Å². The van der Waals surface area contributed by atoms with Crippen molar-refractivity contribution in [3.8, 4) is 17.1 Å². The summed E-state index contributed by atoms with van der Waals surface area (Å²) in [6.45, 7) is 5.95. The van der Waals surface area contributed by atoms with Gasteiger partial charge in [0.1, 0.15) is 11.6 Å². The number of aromatic amines is 1. The average Bonchev–Trinajstić information content (AvgIpc) is 3.13. The highest BCUT2D eigenvalue weighted by molar-refractivity contribution is 5.87. The number of imidazole rings is 1. The summed E-state index contributed by atoms with van der Waals surface area (Å²) in [4.78, 5) is 28.3. The Morgan fingerprint density at radius 3 is 2.68 bits per heavy atom. The number of aromatic nitrogens is 4. The molecule has 0 radical (unpaired) electrons. The van der Waals surface area contributed by atoms with Gasteiger partial charge in [-0.3, -0.25) is 0 Å². The van der Waals surface area contributed by atoms with Crippen molar-refractivity contribution in [2.45, 2.75) is 27.2 Å². The van der Waals surface area contributed by atoms with E-state index in [-0.39, 0.29) is 12.3 Å². The van der Waals surface area contributed by atoms with Crippen molar-refractivity contribution < 1.29 is 14.3 Å². The summed E-state index contributed by atoms with van der Waals surface area (Å²) in [5, 5.41) is 3.13. The van der Waals surface area contributed by atoms with Crippen LogP contribution in [0.2, 0.25) is 0 Å². The molecule has 2 heterocycles. The van der Waals surface area contributed by atoms with Gasteiger partial charge >= 0.3 is 5.97 Å². The zero-order valence-electron chi connectivity index (χ0n) is 16.4. The quantitative estimate of drug-likeness (QED) is 0.602. The lowest BCUT2D eigenvalue weighted by Gasteiger charge is -2.12. The number of ether oxygens (including phenoxy) is 2. The van der Waals surface area contributed by atoms with E-state index in [4.69, 9.17) is 9.47 Å². The molecule has 2 N–H and O–H groups in total. The predicted octanol–water partition coefficient (Wildman–Crippen LogP) is 3.67. The van der Waals surface area contributed by atoms with Gasteiger partial charge in [-0.15, -0.1) is 0 Å². The van der Waals surface area contributed by atoms with Crippen LogP contribution in [0.5, 0.6) is 5.75 Å². The van der Waals surface area contributed by atoms with Gasteiger partial charge in [0.2, 0.25) is 5.95 Å². The molecule has 0 bridgehead atoms. The van der Waals surface area contributed by atoms with E-state index in [1.807, 2.05) is 32.0 Å². The van der Waals surface area contributed by atoms with E-state index in [0.717, 1.165) is 28.5 Å². The van der Waals surface area contributed by atoms with Crippen molar-refractivity contribution >= 4 is 17.6 Å². The second kappa shape index (κ2) is 8.51. The predicted molar refractivity (Wildman–Crippen MR) is 106 cm³/mol. The lowest BCUT2D eigenvalue weighted by molar-refractivity contribution is 0.0519. The lowest BCUT2D eigenvalue weighted by Crippen LogP contribution is -2.11. The molecular weight excluding hydrogens is 358 g/mol. The fourth-order valence-electron chi connectivity index (χ4n) is 2.69. The minimum Gasteiger partial charge on any atom is -0.496 e. The lowest BCUT2D eigenvalue weighted by atomic mass is 10.1. The Morgan fingerprint density at radius 1 is 1.21 bits per heavy atom. The van der Waals surface area contributed by atoms with Crippen LogP contribution in [0.4, 0.5) is 11.6 Å². The molecule has 8 nitrogen and oxygen atoms in total. The van der Waals surface area contributed by atoms with Crippen LogP contribution in [0.15, 0.2) is 30.5 Å². The van der Waals surface area contributed by atoms with Gasteiger partial charge in [0.25, 0.3) is 0 Å². The van der Waals surface area contributed by atoms with Gasteiger partial charge in [0, 0.05) is 29.3 Å². The number of hydrogen-bond acceptors (Lipinski definition) is 7. The molecule has 0 saturated heterocycles. The summed E-state index contributed by atoms with van der Waals surface area (Å²) in [5.74, 6) is 1.24. The van der Waals surface area contributed by atoms with Crippen molar-refractivity contribution in [1.82, 2.24) is 19.9 Å². The van der Waals surface area contributed by atoms with Gasteiger partial charge in [-0.2, -0.15) is 0 Å². The smallest absolute Gasteiger partial charge is 0.357 e. The van der Waals surface area contributed by atoms with Crippen LogP contribution in [-0.2, 0) is 11.2 Å². The summed E-state index contributed by atoms with van der Waals surface area (Å²) in [6, 6.07) is 7.25. The molecule has 0 fully saturated rings. The first-order valence-corrected chi connectivity index (χ1v) is 9.06. The largest absolute Gasteiger partial charge is 0.496 e. The summed E-state index contributed by atoms with van der Waals surface area (Å²) >= 11 is 0. The molecule has 3 aromatic rings. The fourth-order valence-corrected chi connectivity index (χ4v) is 2.69. The molecule has 0 aliphatic carbocycles. The molecule has 0 aliphatic rings. The zero-order valence-corrected chi connectivity index (χ0v) is 16.4. The Balaban J connectivity index is 1.91. The van der Waals surface area contributed by atoms with Gasteiger partial charge in [-0.25, -0.2) is 19.7 Å². The Bertz CT molecular complexity index is 984. The maximum absolute atomic E-state index is 12.1. The van der Waals surface area contributed by atoms with Crippen LogP contribution in [0.3, 0.4) is 0 Å². The number of carbonyl (C=O) groups excluding carboxylic acids is 1. The third-order valence-electron chi connectivity index (χ3n) is 4.04. The number of benzene rings is 1. The van der Waals surface area contributed by atoms with Crippen LogP contribution >= 0.6 is 0 Å². The first-order chi connectivity index (χ1) is 13.5. The molecule has 0 aliphatic heterocycles. The number of carbonyl (C=O) groups is 1. The summed E-state index contributed by atoms with van der Waals surface area (Å²) in [5.41, 5.74) is 3.51. The molecule has 28 heavy (non-hydrogen) atoms. The zero-order chi connectivity index (χ0) is 20.1. The molecule has 1 aromatic carbocycles. The third kappa shape index (κ3) is 4.28. The number of hydrogen-bond donors (Lipinski definition) is 2. The highest BCUT2D eigenvalue weighted by atomic mass is 16.5. The van der Waals surface area contributed by atoms with Crippen molar-refractivity contribution in [1.29, 1.82) is 0 Å². The van der Waals surface area contributed by atoms with Gasteiger partial charge in [-0.05, 0) is 38.5 Å². The number of aryl methyl sites for hydroxylation is 2. The van der Waals surface area contributed by atoms with E-state index in [9.17, 15) is 4.79 Å². The average molecular weight is 381 g/mol. The highest BCUT2D eigenvalue weighted by Gasteiger charge is 2.14. The van der Waals surface area contributed by atoms with E-state index in [1.165, 1.54) is 0 Å². The standard InChI is InChI=1S/C20H23N5O3/c1-5-13-9-16(19(26)28-6-2)25-20(23-13)24-14-7-8-15(17(10-14)27-4)18-21-11-12(3)22-18/h7-11H,5-6H2,1-4H3,(H,21,22)(H,23,24,25). The Kier molecular flexibility index (Phi) is 5.88. The van der Waals surface area contributed by atoms with E-state index in [2.05, 4.69) is 25.3 Å². The van der Waals surface area contributed by atoms with E-state index >= 15 is 0 Å². The topological polar surface area (TPSA) is 102 Å². The Hall–Kier alpha value is -3.42. The molecule has 0 amide bonds. The SMILES string of the molecule is CCOC(=O)c1cc(CC)nc(Nc2ccc(-c3ncc(C)[nH]3)c(OC)c2)n1. The monoisotopic (exact) mass is 381 g/mol. The van der Waals surface area contributed by atoms with Gasteiger partial charge in [0.15, 0.2) is 5.69 Å². The highest BCUT2D eigenvalue weighted by Crippen LogP contribution is 2.31. The number of nitrogens with zero attached hydrogens (tertiary/aromatic N) is 3. The molecule has 0 saturated carbocycles.